The Kier molecular flexibility index (Phi) is 3.35. The number of hydrogen-bond donors (Lipinski definition) is 1. The fourth-order valence-electron chi connectivity index (χ4n) is 4.17. The molecule has 3 heteroatoms. The molecule has 1 aliphatic heterocycles. The standard InChI is InChI=1S/C15H26N2O/c1-2-10-3-4-17(14(5-10)9-16)15(18)13-7-11-6-12(11)8-13/h10-14H,2-9,16H2,1H3. The van der Waals surface area contributed by atoms with Crippen molar-refractivity contribution in [3.63, 3.8) is 0 Å². The smallest absolute Gasteiger partial charge is 0.225 e. The predicted molar refractivity (Wildman–Crippen MR) is 71.9 cm³/mol. The third-order valence-electron chi connectivity index (χ3n) is 5.55. The molecule has 3 fully saturated rings. The van der Waals surface area contributed by atoms with Crippen molar-refractivity contribution in [1.29, 1.82) is 0 Å². The number of piperidine rings is 1. The summed E-state index contributed by atoms with van der Waals surface area (Å²) in [4.78, 5) is 14.7. The van der Waals surface area contributed by atoms with Crippen molar-refractivity contribution in [1.82, 2.24) is 4.90 Å². The van der Waals surface area contributed by atoms with E-state index in [2.05, 4.69) is 11.8 Å². The molecule has 4 unspecified atom stereocenters. The van der Waals surface area contributed by atoms with Crippen LogP contribution in [0, 0.1) is 23.7 Å². The molecular weight excluding hydrogens is 224 g/mol. The number of rotatable bonds is 3. The summed E-state index contributed by atoms with van der Waals surface area (Å²) in [5.41, 5.74) is 5.89. The first-order valence-corrected chi connectivity index (χ1v) is 7.73. The van der Waals surface area contributed by atoms with Gasteiger partial charge in [0.2, 0.25) is 5.91 Å². The van der Waals surface area contributed by atoms with E-state index in [4.69, 9.17) is 5.73 Å². The lowest BCUT2D eigenvalue weighted by Gasteiger charge is -2.40. The molecule has 0 radical (unpaired) electrons. The maximum Gasteiger partial charge on any atom is 0.225 e. The van der Waals surface area contributed by atoms with Crippen LogP contribution in [-0.4, -0.2) is 29.9 Å². The van der Waals surface area contributed by atoms with E-state index in [-0.39, 0.29) is 0 Å². The maximum absolute atomic E-state index is 12.6. The van der Waals surface area contributed by atoms with Crippen molar-refractivity contribution in [2.75, 3.05) is 13.1 Å². The van der Waals surface area contributed by atoms with Crippen LogP contribution in [0.15, 0.2) is 0 Å². The summed E-state index contributed by atoms with van der Waals surface area (Å²) in [5.74, 6) is 3.32. The van der Waals surface area contributed by atoms with Crippen LogP contribution >= 0.6 is 0 Å². The molecule has 18 heavy (non-hydrogen) atoms. The zero-order chi connectivity index (χ0) is 12.7. The Labute approximate surface area is 110 Å². The van der Waals surface area contributed by atoms with Crippen molar-refractivity contribution >= 4 is 5.91 Å². The highest BCUT2D eigenvalue weighted by Gasteiger charge is 2.49. The number of nitrogens with zero attached hydrogens (tertiary/aromatic N) is 1. The minimum atomic E-state index is 0.313. The Morgan fingerprint density at radius 3 is 2.56 bits per heavy atom. The summed E-state index contributed by atoms with van der Waals surface area (Å²) in [5, 5.41) is 0. The van der Waals surface area contributed by atoms with Gasteiger partial charge >= 0.3 is 0 Å². The minimum absolute atomic E-state index is 0.313. The second-order valence-electron chi connectivity index (χ2n) is 6.64. The second kappa shape index (κ2) is 4.84. The van der Waals surface area contributed by atoms with Gasteiger partial charge in [0, 0.05) is 25.0 Å². The van der Waals surface area contributed by atoms with Gasteiger partial charge in [0.15, 0.2) is 0 Å². The van der Waals surface area contributed by atoms with Crippen LogP contribution in [0.4, 0.5) is 0 Å². The SMILES string of the molecule is CCC1CCN(C(=O)C2CC3CC3C2)C(CN)C1. The van der Waals surface area contributed by atoms with E-state index in [1.54, 1.807) is 0 Å². The molecule has 3 rings (SSSR count). The Hall–Kier alpha value is -0.570. The van der Waals surface area contributed by atoms with Crippen molar-refractivity contribution < 1.29 is 4.79 Å². The second-order valence-corrected chi connectivity index (χ2v) is 6.64. The van der Waals surface area contributed by atoms with E-state index in [0.717, 1.165) is 43.6 Å². The maximum atomic E-state index is 12.6. The number of likely N-dealkylation sites (tertiary alicyclic amines) is 1. The summed E-state index contributed by atoms with van der Waals surface area (Å²) in [6.07, 6.45) is 7.24. The molecule has 2 saturated carbocycles. The van der Waals surface area contributed by atoms with Crippen LogP contribution in [0.25, 0.3) is 0 Å². The number of carbonyl (C=O) groups is 1. The largest absolute Gasteiger partial charge is 0.338 e. The van der Waals surface area contributed by atoms with Crippen LogP contribution in [-0.2, 0) is 4.79 Å². The first-order valence-electron chi connectivity index (χ1n) is 7.73. The summed E-state index contributed by atoms with van der Waals surface area (Å²) in [6, 6.07) is 0.313. The zero-order valence-corrected chi connectivity index (χ0v) is 11.5. The summed E-state index contributed by atoms with van der Waals surface area (Å²) in [7, 11) is 0. The lowest BCUT2D eigenvalue weighted by molar-refractivity contribution is -0.140. The summed E-state index contributed by atoms with van der Waals surface area (Å²) >= 11 is 0. The first-order chi connectivity index (χ1) is 8.72. The number of fused-ring (bicyclic) bond motifs is 1. The lowest BCUT2D eigenvalue weighted by atomic mass is 9.87. The Balaban J connectivity index is 1.61. The molecule has 0 aromatic carbocycles. The molecule has 0 bridgehead atoms. The quantitative estimate of drug-likeness (QED) is 0.833. The Morgan fingerprint density at radius 1 is 1.22 bits per heavy atom. The molecule has 102 valence electrons. The van der Waals surface area contributed by atoms with E-state index in [0.29, 0.717) is 24.4 Å². The van der Waals surface area contributed by atoms with Crippen LogP contribution in [0.3, 0.4) is 0 Å². The van der Waals surface area contributed by atoms with Gasteiger partial charge in [-0.3, -0.25) is 4.79 Å². The van der Waals surface area contributed by atoms with Gasteiger partial charge in [-0.15, -0.1) is 0 Å². The van der Waals surface area contributed by atoms with Gasteiger partial charge in [0.25, 0.3) is 0 Å². The molecule has 0 aromatic rings. The van der Waals surface area contributed by atoms with Gasteiger partial charge < -0.3 is 10.6 Å². The Morgan fingerprint density at radius 2 is 1.94 bits per heavy atom. The molecule has 4 atom stereocenters. The summed E-state index contributed by atoms with van der Waals surface area (Å²) < 4.78 is 0. The van der Waals surface area contributed by atoms with Crippen molar-refractivity contribution in [3.8, 4) is 0 Å². The van der Waals surface area contributed by atoms with Crippen LogP contribution in [0.5, 0.6) is 0 Å². The molecule has 1 heterocycles. The van der Waals surface area contributed by atoms with Crippen molar-refractivity contribution in [2.24, 2.45) is 29.4 Å². The number of hydrogen-bond acceptors (Lipinski definition) is 2. The number of amides is 1. The van der Waals surface area contributed by atoms with E-state index < -0.39 is 0 Å². The van der Waals surface area contributed by atoms with Gasteiger partial charge in [-0.1, -0.05) is 13.3 Å². The fraction of sp³-hybridized carbons (Fsp3) is 0.933. The zero-order valence-electron chi connectivity index (χ0n) is 11.5. The third-order valence-corrected chi connectivity index (χ3v) is 5.55. The highest BCUT2D eigenvalue weighted by Crippen LogP contribution is 2.54. The van der Waals surface area contributed by atoms with Crippen LogP contribution in [0.2, 0.25) is 0 Å². The molecule has 3 nitrogen and oxygen atoms in total. The molecule has 1 saturated heterocycles. The topological polar surface area (TPSA) is 46.3 Å². The molecule has 2 aliphatic carbocycles. The van der Waals surface area contributed by atoms with Crippen LogP contribution in [0.1, 0.15) is 45.4 Å². The third kappa shape index (κ3) is 2.18. The normalized spacial score (nSPS) is 42.8. The number of nitrogens with two attached hydrogens (primary N) is 1. The molecule has 3 aliphatic rings. The monoisotopic (exact) mass is 250 g/mol. The van der Waals surface area contributed by atoms with Crippen molar-refractivity contribution in [2.45, 2.75) is 51.5 Å². The molecule has 2 N–H and O–H groups in total. The van der Waals surface area contributed by atoms with E-state index in [1.807, 2.05) is 0 Å². The lowest BCUT2D eigenvalue weighted by Crippen LogP contribution is -2.51. The van der Waals surface area contributed by atoms with Gasteiger partial charge in [-0.25, -0.2) is 0 Å². The van der Waals surface area contributed by atoms with E-state index >= 15 is 0 Å². The number of carbonyl (C=O) groups excluding carboxylic acids is 1. The molecular formula is C15H26N2O. The first kappa shape index (κ1) is 12.5. The summed E-state index contributed by atoms with van der Waals surface area (Å²) in [6.45, 7) is 3.84. The average molecular weight is 250 g/mol. The van der Waals surface area contributed by atoms with Gasteiger partial charge in [-0.2, -0.15) is 0 Å². The van der Waals surface area contributed by atoms with Crippen LogP contribution < -0.4 is 5.73 Å². The highest BCUT2D eigenvalue weighted by atomic mass is 16.2. The predicted octanol–water partition coefficient (Wildman–Crippen LogP) is 2.01. The Bertz CT molecular complexity index is 320. The fourth-order valence-corrected chi connectivity index (χ4v) is 4.17. The molecule has 0 spiro atoms. The van der Waals surface area contributed by atoms with Gasteiger partial charge in [-0.05, 0) is 49.9 Å². The van der Waals surface area contributed by atoms with E-state index in [9.17, 15) is 4.79 Å². The van der Waals surface area contributed by atoms with Gasteiger partial charge in [0.1, 0.15) is 0 Å². The molecule has 0 aromatic heterocycles. The molecule has 1 amide bonds. The van der Waals surface area contributed by atoms with Crippen molar-refractivity contribution in [3.05, 3.63) is 0 Å². The highest BCUT2D eigenvalue weighted by molar-refractivity contribution is 5.80. The van der Waals surface area contributed by atoms with E-state index in [1.165, 1.54) is 19.3 Å². The average Bonchev–Trinajstić information content (AvgIpc) is 3.03. The minimum Gasteiger partial charge on any atom is -0.338 e. The van der Waals surface area contributed by atoms with Gasteiger partial charge in [0.05, 0.1) is 0 Å².